The van der Waals surface area contributed by atoms with Crippen molar-refractivity contribution >= 4 is 0 Å². The van der Waals surface area contributed by atoms with E-state index < -0.39 is 0 Å². The molecule has 1 aliphatic rings. The third-order valence-electron chi connectivity index (χ3n) is 4.66. The predicted octanol–water partition coefficient (Wildman–Crippen LogP) is 4.36. The largest absolute Gasteiger partial charge is 0.381 e. The first-order chi connectivity index (χ1) is 10.3. The molecule has 3 heteroatoms. The fraction of sp³-hybridized carbons (Fsp3) is 1.00. The Hall–Kier alpha value is -0.120. The highest BCUT2D eigenvalue weighted by Gasteiger charge is 2.15. The van der Waals surface area contributed by atoms with Crippen LogP contribution in [0.5, 0.6) is 0 Å². The van der Waals surface area contributed by atoms with Gasteiger partial charge < -0.3 is 9.47 Å². The minimum atomic E-state index is 0.226. The summed E-state index contributed by atoms with van der Waals surface area (Å²) in [5.41, 5.74) is 0. The first-order valence-electron chi connectivity index (χ1n) is 9.12. The van der Waals surface area contributed by atoms with Crippen molar-refractivity contribution in [2.24, 2.45) is 11.8 Å². The molecule has 1 fully saturated rings. The van der Waals surface area contributed by atoms with Gasteiger partial charge in [-0.15, -0.1) is 0 Å². The van der Waals surface area contributed by atoms with Crippen molar-refractivity contribution in [1.29, 1.82) is 0 Å². The molecule has 0 bridgehead atoms. The molecule has 1 aliphatic heterocycles. The van der Waals surface area contributed by atoms with Gasteiger partial charge in [0.15, 0.2) is 0 Å². The van der Waals surface area contributed by atoms with Gasteiger partial charge >= 0.3 is 0 Å². The SMILES string of the molecule is CCCCCC(C)CC(NC)OCCC1CCCOCC1. The standard InChI is InChI=1S/C18H37NO2/c1-4-5-6-8-16(2)15-18(19-3)21-14-11-17-9-7-12-20-13-10-17/h16-19H,4-15H2,1-3H3. The normalized spacial score (nSPS) is 22.7. The summed E-state index contributed by atoms with van der Waals surface area (Å²) < 4.78 is 11.6. The summed E-state index contributed by atoms with van der Waals surface area (Å²) in [6.45, 7) is 7.40. The minimum absolute atomic E-state index is 0.226. The molecule has 1 heterocycles. The summed E-state index contributed by atoms with van der Waals surface area (Å²) in [5, 5.41) is 3.33. The number of hydrogen-bond acceptors (Lipinski definition) is 3. The number of ether oxygens (including phenoxy) is 2. The molecule has 0 spiro atoms. The molecule has 3 nitrogen and oxygen atoms in total. The molecule has 3 atom stereocenters. The van der Waals surface area contributed by atoms with Crippen LogP contribution in [-0.2, 0) is 9.47 Å². The molecule has 1 saturated heterocycles. The maximum absolute atomic E-state index is 6.06. The Labute approximate surface area is 132 Å². The third-order valence-corrected chi connectivity index (χ3v) is 4.66. The Kier molecular flexibility index (Phi) is 11.2. The van der Waals surface area contributed by atoms with Crippen LogP contribution < -0.4 is 5.32 Å². The van der Waals surface area contributed by atoms with E-state index in [-0.39, 0.29) is 6.23 Å². The Bertz CT molecular complexity index is 227. The molecule has 3 unspecified atom stereocenters. The van der Waals surface area contributed by atoms with E-state index in [1.54, 1.807) is 0 Å². The van der Waals surface area contributed by atoms with E-state index in [0.717, 1.165) is 38.1 Å². The first kappa shape index (κ1) is 18.9. The van der Waals surface area contributed by atoms with Crippen LogP contribution in [0.1, 0.15) is 71.6 Å². The number of nitrogens with one attached hydrogen (secondary N) is 1. The van der Waals surface area contributed by atoms with Crippen LogP contribution in [0.3, 0.4) is 0 Å². The molecule has 0 aromatic rings. The van der Waals surface area contributed by atoms with Crippen molar-refractivity contribution in [3.8, 4) is 0 Å². The zero-order valence-electron chi connectivity index (χ0n) is 14.5. The Morgan fingerprint density at radius 2 is 2.10 bits per heavy atom. The zero-order chi connectivity index (χ0) is 15.3. The molecule has 21 heavy (non-hydrogen) atoms. The summed E-state index contributed by atoms with van der Waals surface area (Å²) in [6, 6.07) is 0. The lowest BCUT2D eigenvalue weighted by Gasteiger charge is -2.22. The summed E-state index contributed by atoms with van der Waals surface area (Å²) in [4.78, 5) is 0. The highest BCUT2D eigenvalue weighted by Crippen LogP contribution is 2.20. The van der Waals surface area contributed by atoms with Gasteiger partial charge in [0.2, 0.25) is 0 Å². The second-order valence-corrected chi connectivity index (χ2v) is 6.68. The molecule has 1 rings (SSSR count). The molecule has 0 saturated carbocycles. The molecule has 0 amide bonds. The lowest BCUT2D eigenvalue weighted by atomic mass is 9.97. The van der Waals surface area contributed by atoms with Gasteiger partial charge in [-0.25, -0.2) is 0 Å². The minimum Gasteiger partial charge on any atom is -0.381 e. The summed E-state index contributed by atoms with van der Waals surface area (Å²) in [5.74, 6) is 1.55. The molecule has 0 radical (unpaired) electrons. The fourth-order valence-electron chi connectivity index (χ4n) is 3.13. The van der Waals surface area contributed by atoms with Crippen LogP contribution in [-0.4, -0.2) is 33.1 Å². The second-order valence-electron chi connectivity index (χ2n) is 6.68. The Balaban J connectivity index is 2.11. The van der Waals surface area contributed by atoms with Crippen molar-refractivity contribution in [3.05, 3.63) is 0 Å². The number of hydrogen-bond donors (Lipinski definition) is 1. The average molecular weight is 299 g/mol. The summed E-state index contributed by atoms with van der Waals surface area (Å²) >= 11 is 0. The average Bonchev–Trinajstić information content (AvgIpc) is 2.75. The van der Waals surface area contributed by atoms with Crippen molar-refractivity contribution in [3.63, 3.8) is 0 Å². The van der Waals surface area contributed by atoms with Crippen LogP contribution >= 0.6 is 0 Å². The zero-order valence-corrected chi connectivity index (χ0v) is 14.5. The van der Waals surface area contributed by atoms with Crippen molar-refractivity contribution in [2.75, 3.05) is 26.9 Å². The molecule has 126 valence electrons. The molecule has 0 aliphatic carbocycles. The predicted molar refractivity (Wildman–Crippen MR) is 89.5 cm³/mol. The molecular formula is C18H37NO2. The summed E-state index contributed by atoms with van der Waals surface area (Å²) in [6.07, 6.45) is 11.6. The van der Waals surface area contributed by atoms with Gasteiger partial charge in [-0.05, 0) is 51.0 Å². The Morgan fingerprint density at radius 3 is 2.86 bits per heavy atom. The third kappa shape index (κ3) is 9.49. The molecular weight excluding hydrogens is 262 g/mol. The lowest BCUT2D eigenvalue weighted by molar-refractivity contribution is 0.0110. The molecule has 0 aromatic heterocycles. The van der Waals surface area contributed by atoms with Gasteiger partial charge in [-0.1, -0.05) is 39.5 Å². The quantitative estimate of drug-likeness (QED) is 0.454. The van der Waals surface area contributed by atoms with Gasteiger partial charge in [0, 0.05) is 19.8 Å². The van der Waals surface area contributed by atoms with Crippen molar-refractivity contribution in [2.45, 2.75) is 77.9 Å². The fourth-order valence-corrected chi connectivity index (χ4v) is 3.13. The van der Waals surface area contributed by atoms with Crippen LogP contribution in [0, 0.1) is 11.8 Å². The van der Waals surface area contributed by atoms with Gasteiger partial charge in [-0.3, -0.25) is 5.32 Å². The highest BCUT2D eigenvalue weighted by atomic mass is 16.5. The smallest absolute Gasteiger partial charge is 0.108 e. The van der Waals surface area contributed by atoms with Gasteiger partial charge in [0.25, 0.3) is 0 Å². The maximum atomic E-state index is 6.06. The van der Waals surface area contributed by atoms with Crippen LogP contribution in [0.2, 0.25) is 0 Å². The van der Waals surface area contributed by atoms with E-state index in [1.807, 2.05) is 7.05 Å². The van der Waals surface area contributed by atoms with Crippen LogP contribution in [0.15, 0.2) is 0 Å². The maximum Gasteiger partial charge on any atom is 0.108 e. The molecule has 1 N–H and O–H groups in total. The van der Waals surface area contributed by atoms with E-state index in [2.05, 4.69) is 19.2 Å². The van der Waals surface area contributed by atoms with Crippen molar-refractivity contribution in [1.82, 2.24) is 5.32 Å². The number of unbranched alkanes of at least 4 members (excludes halogenated alkanes) is 2. The monoisotopic (exact) mass is 299 g/mol. The van der Waals surface area contributed by atoms with E-state index in [9.17, 15) is 0 Å². The van der Waals surface area contributed by atoms with Gasteiger partial charge in [0.05, 0.1) is 0 Å². The number of rotatable bonds is 11. The van der Waals surface area contributed by atoms with Gasteiger partial charge in [-0.2, -0.15) is 0 Å². The van der Waals surface area contributed by atoms with E-state index in [1.165, 1.54) is 51.4 Å². The van der Waals surface area contributed by atoms with Crippen LogP contribution in [0.4, 0.5) is 0 Å². The van der Waals surface area contributed by atoms with E-state index >= 15 is 0 Å². The van der Waals surface area contributed by atoms with E-state index in [0.29, 0.717) is 0 Å². The summed E-state index contributed by atoms with van der Waals surface area (Å²) in [7, 11) is 2.02. The lowest BCUT2D eigenvalue weighted by Crippen LogP contribution is -2.31. The first-order valence-corrected chi connectivity index (χ1v) is 9.12. The van der Waals surface area contributed by atoms with Gasteiger partial charge in [0.1, 0.15) is 6.23 Å². The van der Waals surface area contributed by atoms with Crippen molar-refractivity contribution < 1.29 is 9.47 Å². The topological polar surface area (TPSA) is 30.5 Å². The Morgan fingerprint density at radius 1 is 1.24 bits per heavy atom. The second kappa shape index (κ2) is 12.4. The van der Waals surface area contributed by atoms with Crippen LogP contribution in [0.25, 0.3) is 0 Å². The molecule has 0 aromatic carbocycles. The van der Waals surface area contributed by atoms with E-state index in [4.69, 9.17) is 9.47 Å². The highest BCUT2D eigenvalue weighted by molar-refractivity contribution is 4.64.